The third-order valence-corrected chi connectivity index (χ3v) is 3.82. The summed E-state index contributed by atoms with van der Waals surface area (Å²) in [5.74, 6) is 1.15. The second-order valence-corrected chi connectivity index (χ2v) is 5.60. The molecule has 0 aliphatic carbocycles. The highest BCUT2D eigenvalue weighted by Gasteiger charge is 2.12. The Bertz CT molecular complexity index is 809. The minimum absolute atomic E-state index is 0.301. The van der Waals surface area contributed by atoms with E-state index in [1.54, 1.807) is 0 Å². The third kappa shape index (κ3) is 3.15. The zero-order valence-corrected chi connectivity index (χ0v) is 13.6. The van der Waals surface area contributed by atoms with Gasteiger partial charge in [0.1, 0.15) is 5.82 Å². The van der Waals surface area contributed by atoms with Crippen LogP contribution in [0.1, 0.15) is 16.8 Å². The monoisotopic (exact) mass is 308 g/mol. The van der Waals surface area contributed by atoms with Crippen LogP contribution >= 0.6 is 0 Å². The first-order valence-electron chi connectivity index (χ1n) is 7.45. The predicted molar refractivity (Wildman–Crippen MR) is 91.6 cm³/mol. The lowest BCUT2D eigenvalue weighted by Gasteiger charge is -2.20. The Morgan fingerprint density at radius 1 is 1.13 bits per heavy atom. The average Bonchev–Trinajstić information content (AvgIpc) is 3.00. The van der Waals surface area contributed by atoms with E-state index >= 15 is 0 Å². The molecule has 0 amide bonds. The van der Waals surface area contributed by atoms with Gasteiger partial charge in [0.2, 0.25) is 5.95 Å². The molecular formula is C17H20N6. The molecule has 0 radical (unpaired) electrons. The van der Waals surface area contributed by atoms with E-state index in [1.807, 2.05) is 68.3 Å². The first-order chi connectivity index (χ1) is 11.0. The minimum atomic E-state index is 0.301. The molecule has 0 saturated carbocycles. The average molecular weight is 308 g/mol. The quantitative estimate of drug-likeness (QED) is 0.801. The summed E-state index contributed by atoms with van der Waals surface area (Å²) < 4.78 is 1.87. The van der Waals surface area contributed by atoms with Gasteiger partial charge in [0, 0.05) is 36.6 Å². The van der Waals surface area contributed by atoms with E-state index in [4.69, 9.17) is 5.73 Å². The SMILES string of the molecule is Cc1nc(N)nc(N(C)Cc2cnn(-c3ccccc3)c2)c1C. The van der Waals surface area contributed by atoms with E-state index in [-0.39, 0.29) is 0 Å². The van der Waals surface area contributed by atoms with Crippen LogP contribution in [0.15, 0.2) is 42.7 Å². The van der Waals surface area contributed by atoms with Crippen molar-refractivity contribution in [2.75, 3.05) is 17.7 Å². The van der Waals surface area contributed by atoms with Gasteiger partial charge in [-0.25, -0.2) is 9.67 Å². The molecule has 0 saturated heterocycles. The number of anilines is 2. The van der Waals surface area contributed by atoms with Crippen LogP contribution < -0.4 is 10.6 Å². The van der Waals surface area contributed by atoms with Crippen LogP contribution in [0.5, 0.6) is 0 Å². The van der Waals surface area contributed by atoms with Crippen LogP contribution in [0, 0.1) is 13.8 Å². The summed E-state index contributed by atoms with van der Waals surface area (Å²) in [7, 11) is 1.99. The molecule has 2 N–H and O–H groups in total. The van der Waals surface area contributed by atoms with E-state index in [0.717, 1.165) is 28.3 Å². The Morgan fingerprint density at radius 2 is 1.87 bits per heavy atom. The second kappa shape index (κ2) is 6.08. The highest BCUT2D eigenvalue weighted by molar-refractivity contribution is 5.50. The van der Waals surface area contributed by atoms with Gasteiger partial charge >= 0.3 is 0 Å². The van der Waals surface area contributed by atoms with Crippen LogP contribution in [0.2, 0.25) is 0 Å². The minimum Gasteiger partial charge on any atom is -0.368 e. The summed E-state index contributed by atoms with van der Waals surface area (Å²) in [5.41, 5.74) is 9.86. The van der Waals surface area contributed by atoms with Crippen molar-refractivity contribution in [1.82, 2.24) is 19.7 Å². The molecule has 0 aliphatic heterocycles. The van der Waals surface area contributed by atoms with Crippen LogP contribution in [0.4, 0.5) is 11.8 Å². The lowest BCUT2D eigenvalue weighted by Crippen LogP contribution is -2.20. The van der Waals surface area contributed by atoms with Gasteiger partial charge in [-0.1, -0.05) is 18.2 Å². The van der Waals surface area contributed by atoms with Crippen molar-refractivity contribution in [3.8, 4) is 5.69 Å². The molecule has 2 heterocycles. The number of benzene rings is 1. The Kier molecular flexibility index (Phi) is 3.97. The maximum atomic E-state index is 5.77. The Balaban J connectivity index is 1.82. The number of nitrogen functional groups attached to an aromatic ring is 1. The zero-order valence-electron chi connectivity index (χ0n) is 13.6. The molecule has 23 heavy (non-hydrogen) atoms. The molecule has 2 aromatic heterocycles. The molecule has 0 bridgehead atoms. The van der Waals surface area contributed by atoms with Crippen molar-refractivity contribution in [2.24, 2.45) is 0 Å². The standard InChI is InChI=1S/C17H20N6/c1-12-13(2)20-17(18)21-16(12)22(3)10-14-9-19-23(11-14)15-7-5-4-6-8-15/h4-9,11H,10H2,1-3H3,(H2,18,20,21). The molecule has 118 valence electrons. The fourth-order valence-corrected chi connectivity index (χ4v) is 2.52. The molecule has 3 aromatic rings. The van der Waals surface area contributed by atoms with E-state index < -0.39 is 0 Å². The Labute approximate surface area is 135 Å². The van der Waals surface area contributed by atoms with E-state index in [0.29, 0.717) is 12.5 Å². The maximum absolute atomic E-state index is 5.77. The lowest BCUT2D eigenvalue weighted by molar-refractivity contribution is 0.869. The number of aromatic nitrogens is 4. The summed E-state index contributed by atoms with van der Waals surface area (Å²) >= 11 is 0. The summed E-state index contributed by atoms with van der Waals surface area (Å²) in [4.78, 5) is 10.6. The molecule has 3 rings (SSSR count). The van der Waals surface area contributed by atoms with Gasteiger partial charge in [-0.3, -0.25) is 0 Å². The van der Waals surface area contributed by atoms with Crippen molar-refractivity contribution in [1.29, 1.82) is 0 Å². The number of para-hydroxylation sites is 1. The third-order valence-electron chi connectivity index (χ3n) is 3.82. The second-order valence-electron chi connectivity index (χ2n) is 5.60. The number of hydrogen-bond donors (Lipinski definition) is 1. The fourth-order valence-electron chi connectivity index (χ4n) is 2.52. The van der Waals surface area contributed by atoms with Crippen molar-refractivity contribution < 1.29 is 0 Å². The number of hydrogen-bond acceptors (Lipinski definition) is 5. The summed E-state index contributed by atoms with van der Waals surface area (Å²) in [6.45, 7) is 4.65. The molecule has 0 aliphatic rings. The predicted octanol–water partition coefficient (Wildman–Crippen LogP) is 2.50. The molecule has 0 unspecified atom stereocenters. The molecule has 1 aromatic carbocycles. The molecule has 0 atom stereocenters. The first-order valence-corrected chi connectivity index (χ1v) is 7.45. The molecule has 6 heteroatoms. The molecule has 6 nitrogen and oxygen atoms in total. The number of nitrogens with zero attached hydrogens (tertiary/aromatic N) is 5. The van der Waals surface area contributed by atoms with Gasteiger partial charge < -0.3 is 10.6 Å². The van der Waals surface area contributed by atoms with Gasteiger partial charge in [0.25, 0.3) is 0 Å². The molecule has 0 spiro atoms. The van der Waals surface area contributed by atoms with Gasteiger partial charge in [-0.15, -0.1) is 0 Å². The zero-order chi connectivity index (χ0) is 16.4. The summed E-state index contributed by atoms with van der Waals surface area (Å²) in [6, 6.07) is 10.0. The normalized spacial score (nSPS) is 10.7. The van der Waals surface area contributed by atoms with E-state index in [9.17, 15) is 0 Å². The fraction of sp³-hybridized carbons (Fsp3) is 0.235. The first kappa shape index (κ1) is 15.0. The van der Waals surface area contributed by atoms with E-state index in [2.05, 4.69) is 20.0 Å². The van der Waals surface area contributed by atoms with Crippen molar-refractivity contribution in [3.05, 3.63) is 59.5 Å². The smallest absolute Gasteiger partial charge is 0.222 e. The maximum Gasteiger partial charge on any atom is 0.222 e. The molecule has 0 fully saturated rings. The number of rotatable bonds is 4. The summed E-state index contributed by atoms with van der Waals surface area (Å²) in [6.07, 6.45) is 3.90. The Hall–Kier alpha value is -2.89. The van der Waals surface area contributed by atoms with Crippen LogP contribution in [-0.4, -0.2) is 26.8 Å². The molecular weight excluding hydrogens is 288 g/mol. The van der Waals surface area contributed by atoms with E-state index in [1.165, 1.54) is 0 Å². The van der Waals surface area contributed by atoms with Gasteiger partial charge in [-0.05, 0) is 26.0 Å². The van der Waals surface area contributed by atoms with Gasteiger partial charge in [0.15, 0.2) is 0 Å². The summed E-state index contributed by atoms with van der Waals surface area (Å²) in [5, 5.41) is 4.42. The highest BCUT2D eigenvalue weighted by Crippen LogP contribution is 2.21. The largest absolute Gasteiger partial charge is 0.368 e. The number of nitrogens with two attached hydrogens (primary N) is 1. The van der Waals surface area contributed by atoms with Crippen molar-refractivity contribution in [3.63, 3.8) is 0 Å². The highest BCUT2D eigenvalue weighted by atomic mass is 15.3. The van der Waals surface area contributed by atoms with Crippen molar-refractivity contribution >= 4 is 11.8 Å². The van der Waals surface area contributed by atoms with Gasteiger partial charge in [0.05, 0.1) is 11.9 Å². The van der Waals surface area contributed by atoms with Crippen LogP contribution in [0.3, 0.4) is 0 Å². The lowest BCUT2D eigenvalue weighted by atomic mass is 10.2. The Morgan fingerprint density at radius 3 is 2.61 bits per heavy atom. The van der Waals surface area contributed by atoms with Crippen molar-refractivity contribution in [2.45, 2.75) is 20.4 Å². The van der Waals surface area contributed by atoms with Crippen LogP contribution in [-0.2, 0) is 6.54 Å². The topological polar surface area (TPSA) is 72.9 Å². The van der Waals surface area contributed by atoms with Gasteiger partial charge in [-0.2, -0.15) is 10.1 Å². The number of aryl methyl sites for hydroxylation is 1. The van der Waals surface area contributed by atoms with Crippen LogP contribution in [0.25, 0.3) is 5.69 Å².